The zero-order valence-corrected chi connectivity index (χ0v) is 12.4. The van der Waals surface area contributed by atoms with Crippen molar-refractivity contribution >= 4 is 15.9 Å². The molecule has 100 valence electrons. The first-order valence-corrected chi connectivity index (χ1v) is 7.34. The second kappa shape index (κ2) is 7.43. The van der Waals surface area contributed by atoms with Crippen molar-refractivity contribution < 1.29 is 0 Å². The van der Waals surface area contributed by atoms with E-state index >= 15 is 0 Å². The third-order valence-corrected chi connectivity index (χ3v) is 3.80. The van der Waals surface area contributed by atoms with Crippen LogP contribution in [0.25, 0.3) is 0 Å². The van der Waals surface area contributed by atoms with Crippen molar-refractivity contribution in [2.75, 3.05) is 0 Å². The van der Waals surface area contributed by atoms with Gasteiger partial charge in [0.05, 0.1) is 0 Å². The van der Waals surface area contributed by atoms with Crippen molar-refractivity contribution in [3.05, 3.63) is 70.2 Å². The van der Waals surface area contributed by atoms with Crippen LogP contribution in [0.2, 0.25) is 0 Å². The molecule has 0 bridgehead atoms. The fraction of sp³-hybridized carbons (Fsp3) is 0.250. The van der Waals surface area contributed by atoms with Crippen molar-refractivity contribution in [2.45, 2.75) is 25.3 Å². The maximum absolute atomic E-state index is 5.66. The Kier molecular flexibility index (Phi) is 5.58. The predicted octanol–water partition coefficient (Wildman–Crippen LogP) is 3.98. The Morgan fingerprint density at radius 2 is 1.68 bits per heavy atom. The van der Waals surface area contributed by atoms with Crippen molar-refractivity contribution in [3.63, 3.8) is 0 Å². The summed E-state index contributed by atoms with van der Waals surface area (Å²) >= 11 is 3.45. The van der Waals surface area contributed by atoms with Gasteiger partial charge in [-0.3, -0.25) is 11.3 Å². The first-order chi connectivity index (χ1) is 9.29. The Balaban J connectivity index is 1.87. The van der Waals surface area contributed by atoms with Crippen molar-refractivity contribution in [3.8, 4) is 0 Å². The van der Waals surface area contributed by atoms with Gasteiger partial charge >= 0.3 is 0 Å². The molecule has 2 aromatic carbocycles. The van der Waals surface area contributed by atoms with Crippen molar-refractivity contribution in [1.29, 1.82) is 0 Å². The summed E-state index contributed by atoms with van der Waals surface area (Å²) in [6.45, 7) is 0. The summed E-state index contributed by atoms with van der Waals surface area (Å²) in [6, 6.07) is 19.1. The Morgan fingerprint density at radius 3 is 2.32 bits per heavy atom. The van der Waals surface area contributed by atoms with E-state index < -0.39 is 0 Å². The Bertz CT molecular complexity index is 482. The van der Waals surface area contributed by atoms with E-state index in [2.05, 4.69) is 76.0 Å². The highest BCUT2D eigenvalue weighted by atomic mass is 79.9. The average molecular weight is 319 g/mol. The molecule has 0 spiro atoms. The molecule has 2 rings (SSSR count). The molecule has 0 heterocycles. The number of benzene rings is 2. The van der Waals surface area contributed by atoms with Crippen LogP contribution in [0.5, 0.6) is 0 Å². The van der Waals surface area contributed by atoms with Crippen LogP contribution in [-0.2, 0) is 6.42 Å². The predicted molar refractivity (Wildman–Crippen MR) is 83.6 cm³/mol. The molecule has 0 radical (unpaired) electrons. The van der Waals surface area contributed by atoms with Crippen molar-refractivity contribution in [1.82, 2.24) is 5.43 Å². The van der Waals surface area contributed by atoms with Gasteiger partial charge in [-0.2, -0.15) is 0 Å². The third-order valence-electron chi connectivity index (χ3n) is 3.27. The van der Waals surface area contributed by atoms with Crippen LogP contribution in [0, 0.1) is 0 Å². The minimum Gasteiger partial charge on any atom is -0.271 e. The highest BCUT2D eigenvalue weighted by Crippen LogP contribution is 2.21. The average Bonchev–Trinajstić information content (AvgIpc) is 2.46. The maximum atomic E-state index is 5.66. The Hall–Kier alpha value is -1.16. The molecule has 0 aliphatic carbocycles. The number of nitrogens with two attached hydrogens (primary N) is 1. The third kappa shape index (κ3) is 4.46. The Morgan fingerprint density at radius 1 is 1.00 bits per heavy atom. The van der Waals surface area contributed by atoms with Gasteiger partial charge in [0.25, 0.3) is 0 Å². The standard InChI is InChI=1S/C16H19BrN2/c17-15-11-9-14(10-12-15)16(19-18)8-4-7-13-5-2-1-3-6-13/h1-3,5-6,9-12,16,19H,4,7-8,18H2. The van der Waals surface area contributed by atoms with Gasteiger partial charge in [-0.05, 0) is 42.5 Å². The van der Waals surface area contributed by atoms with Gasteiger partial charge in [0.1, 0.15) is 0 Å². The summed E-state index contributed by atoms with van der Waals surface area (Å²) in [6.07, 6.45) is 3.25. The molecule has 1 atom stereocenters. The summed E-state index contributed by atoms with van der Waals surface area (Å²) in [5.74, 6) is 5.66. The number of hydrogen-bond acceptors (Lipinski definition) is 2. The number of hydrazine groups is 1. The van der Waals surface area contributed by atoms with Crippen LogP contribution >= 0.6 is 15.9 Å². The molecule has 0 aromatic heterocycles. The van der Waals surface area contributed by atoms with Crippen LogP contribution in [0.4, 0.5) is 0 Å². The van der Waals surface area contributed by atoms with E-state index in [0.29, 0.717) is 0 Å². The van der Waals surface area contributed by atoms with Gasteiger partial charge in [-0.1, -0.05) is 58.4 Å². The Labute approximate surface area is 123 Å². The fourth-order valence-electron chi connectivity index (χ4n) is 2.20. The lowest BCUT2D eigenvalue weighted by Crippen LogP contribution is -2.28. The lowest BCUT2D eigenvalue weighted by Gasteiger charge is -2.16. The minimum atomic E-state index is 0.219. The highest BCUT2D eigenvalue weighted by molar-refractivity contribution is 9.10. The normalized spacial score (nSPS) is 12.3. The number of nitrogens with one attached hydrogen (secondary N) is 1. The van der Waals surface area contributed by atoms with E-state index in [9.17, 15) is 0 Å². The van der Waals surface area contributed by atoms with E-state index in [-0.39, 0.29) is 6.04 Å². The van der Waals surface area contributed by atoms with Crippen LogP contribution < -0.4 is 11.3 Å². The molecule has 0 aliphatic heterocycles. The first kappa shape index (κ1) is 14.3. The van der Waals surface area contributed by atoms with Crippen molar-refractivity contribution in [2.24, 2.45) is 5.84 Å². The van der Waals surface area contributed by atoms with Gasteiger partial charge < -0.3 is 0 Å². The topological polar surface area (TPSA) is 38.0 Å². The second-order valence-electron chi connectivity index (χ2n) is 4.65. The van der Waals surface area contributed by atoms with Crippen LogP contribution in [0.15, 0.2) is 59.1 Å². The van der Waals surface area contributed by atoms with E-state index in [4.69, 9.17) is 5.84 Å². The van der Waals surface area contributed by atoms with Crippen LogP contribution in [0.1, 0.15) is 30.0 Å². The molecule has 0 amide bonds. The lowest BCUT2D eigenvalue weighted by atomic mass is 9.99. The molecule has 0 saturated carbocycles. The van der Waals surface area contributed by atoms with E-state index in [1.807, 2.05) is 0 Å². The van der Waals surface area contributed by atoms with E-state index in [1.54, 1.807) is 0 Å². The quantitative estimate of drug-likeness (QED) is 0.624. The van der Waals surface area contributed by atoms with Gasteiger partial charge in [-0.25, -0.2) is 0 Å². The summed E-state index contributed by atoms with van der Waals surface area (Å²) in [5.41, 5.74) is 5.53. The van der Waals surface area contributed by atoms with Gasteiger partial charge in [-0.15, -0.1) is 0 Å². The zero-order valence-electron chi connectivity index (χ0n) is 10.9. The largest absolute Gasteiger partial charge is 0.271 e. The molecule has 1 unspecified atom stereocenters. The number of hydrogen-bond donors (Lipinski definition) is 2. The maximum Gasteiger partial charge on any atom is 0.0460 e. The molecular weight excluding hydrogens is 300 g/mol. The molecule has 19 heavy (non-hydrogen) atoms. The van der Waals surface area contributed by atoms with Crippen LogP contribution in [-0.4, -0.2) is 0 Å². The van der Waals surface area contributed by atoms with Crippen LogP contribution in [0.3, 0.4) is 0 Å². The highest BCUT2D eigenvalue weighted by Gasteiger charge is 2.08. The number of aryl methyl sites for hydroxylation is 1. The first-order valence-electron chi connectivity index (χ1n) is 6.55. The second-order valence-corrected chi connectivity index (χ2v) is 5.56. The SMILES string of the molecule is NNC(CCCc1ccccc1)c1ccc(Br)cc1. The zero-order chi connectivity index (χ0) is 13.5. The number of halogens is 1. The summed E-state index contributed by atoms with van der Waals surface area (Å²) in [7, 11) is 0. The van der Waals surface area contributed by atoms with Gasteiger partial charge in [0.15, 0.2) is 0 Å². The molecule has 0 fully saturated rings. The molecule has 3 N–H and O–H groups in total. The molecule has 2 aromatic rings. The summed E-state index contributed by atoms with van der Waals surface area (Å²) < 4.78 is 1.09. The molecule has 0 saturated heterocycles. The molecular formula is C16H19BrN2. The van der Waals surface area contributed by atoms with Gasteiger partial charge in [0, 0.05) is 10.5 Å². The summed E-state index contributed by atoms with van der Waals surface area (Å²) in [5, 5.41) is 0. The van der Waals surface area contributed by atoms with E-state index in [1.165, 1.54) is 11.1 Å². The fourth-order valence-corrected chi connectivity index (χ4v) is 2.46. The number of rotatable bonds is 6. The van der Waals surface area contributed by atoms with Gasteiger partial charge in [0.2, 0.25) is 0 Å². The lowest BCUT2D eigenvalue weighted by molar-refractivity contribution is 0.498. The molecule has 2 nitrogen and oxygen atoms in total. The molecule has 3 heteroatoms. The smallest absolute Gasteiger partial charge is 0.0460 e. The monoisotopic (exact) mass is 318 g/mol. The minimum absolute atomic E-state index is 0.219. The summed E-state index contributed by atoms with van der Waals surface area (Å²) in [4.78, 5) is 0. The molecule has 0 aliphatic rings. The van der Waals surface area contributed by atoms with E-state index in [0.717, 1.165) is 23.7 Å².